The molecule has 1 aromatic carbocycles. The summed E-state index contributed by atoms with van der Waals surface area (Å²) < 4.78 is 11.8. The van der Waals surface area contributed by atoms with E-state index in [0.29, 0.717) is 48.0 Å². The summed E-state index contributed by atoms with van der Waals surface area (Å²) >= 11 is 1.18. The van der Waals surface area contributed by atoms with Crippen molar-refractivity contribution < 1.29 is 13.9 Å². The molecule has 1 aliphatic rings. The Hall–Kier alpha value is -3.89. The number of carbonyl (C=O) groups excluding carboxylic acids is 1. The van der Waals surface area contributed by atoms with Crippen LogP contribution >= 0.6 is 11.3 Å². The molecule has 0 saturated carbocycles. The standard InChI is InChI=1S/C23H21N5O4S/c24-11-13(20(26)14-3-1-2-4-15(14)23(27)30)9-17(25)16-12-33-22-18(29)10-19(32-21(16)22)28-5-7-31-8-6-28/h1-4,9-12,24-26H,5-8H2,(H2,27,30)/b13-9+,24-11?,25-17?,26-20?. The average molecular weight is 464 g/mol. The zero-order valence-corrected chi connectivity index (χ0v) is 18.3. The summed E-state index contributed by atoms with van der Waals surface area (Å²) in [7, 11) is 0. The summed E-state index contributed by atoms with van der Waals surface area (Å²) in [5, 5.41) is 26.5. The topological polar surface area (TPSA) is 157 Å². The Morgan fingerprint density at radius 1 is 1.12 bits per heavy atom. The van der Waals surface area contributed by atoms with Gasteiger partial charge >= 0.3 is 0 Å². The largest absolute Gasteiger partial charge is 0.439 e. The number of thiophene rings is 1. The molecule has 5 N–H and O–H groups in total. The quantitative estimate of drug-likeness (QED) is 0.396. The molecule has 3 heterocycles. The van der Waals surface area contributed by atoms with Gasteiger partial charge in [-0.05, 0) is 12.1 Å². The highest BCUT2D eigenvalue weighted by Crippen LogP contribution is 2.28. The Morgan fingerprint density at radius 3 is 2.48 bits per heavy atom. The number of fused-ring (bicyclic) bond motifs is 1. The Labute approximate surface area is 192 Å². The lowest BCUT2D eigenvalue weighted by Crippen LogP contribution is -2.36. The van der Waals surface area contributed by atoms with Crippen LogP contribution in [0.15, 0.2) is 56.6 Å². The van der Waals surface area contributed by atoms with Crippen molar-refractivity contribution in [1.29, 1.82) is 16.2 Å². The number of carbonyl (C=O) groups is 1. The molecule has 168 valence electrons. The fourth-order valence-corrected chi connectivity index (χ4v) is 4.45. The minimum Gasteiger partial charge on any atom is -0.439 e. The van der Waals surface area contributed by atoms with Crippen molar-refractivity contribution in [3.63, 3.8) is 0 Å². The van der Waals surface area contributed by atoms with Gasteiger partial charge in [0.05, 0.1) is 30.2 Å². The summed E-state index contributed by atoms with van der Waals surface area (Å²) in [6, 6.07) is 7.83. The van der Waals surface area contributed by atoms with Crippen molar-refractivity contribution in [1.82, 2.24) is 0 Å². The van der Waals surface area contributed by atoms with Gasteiger partial charge in [-0.1, -0.05) is 18.2 Å². The minimum absolute atomic E-state index is 0.0247. The number of morpholine rings is 1. The van der Waals surface area contributed by atoms with E-state index in [0.717, 1.165) is 6.21 Å². The molecule has 0 atom stereocenters. The molecule has 1 fully saturated rings. The van der Waals surface area contributed by atoms with E-state index in [1.807, 2.05) is 4.90 Å². The molecule has 3 aromatic rings. The van der Waals surface area contributed by atoms with Gasteiger partial charge in [0, 0.05) is 47.5 Å². The molecule has 0 aliphatic carbocycles. The van der Waals surface area contributed by atoms with Crippen LogP contribution < -0.4 is 16.1 Å². The first-order valence-corrected chi connectivity index (χ1v) is 11.0. The van der Waals surface area contributed by atoms with E-state index < -0.39 is 5.91 Å². The number of nitrogens with two attached hydrogens (primary N) is 1. The van der Waals surface area contributed by atoms with Gasteiger partial charge in [-0.25, -0.2) is 0 Å². The van der Waals surface area contributed by atoms with Gasteiger partial charge in [-0.3, -0.25) is 15.0 Å². The van der Waals surface area contributed by atoms with E-state index in [-0.39, 0.29) is 33.6 Å². The number of rotatable bonds is 7. The number of hydrogen-bond donors (Lipinski definition) is 4. The third-order valence-electron chi connectivity index (χ3n) is 5.25. The van der Waals surface area contributed by atoms with Crippen molar-refractivity contribution in [3.8, 4) is 0 Å². The van der Waals surface area contributed by atoms with Crippen LogP contribution in [0.2, 0.25) is 0 Å². The van der Waals surface area contributed by atoms with Gasteiger partial charge in [0.2, 0.25) is 11.3 Å². The van der Waals surface area contributed by atoms with Crippen LogP contribution in [0.4, 0.5) is 5.88 Å². The van der Waals surface area contributed by atoms with Gasteiger partial charge in [-0.15, -0.1) is 11.3 Å². The molecule has 0 unspecified atom stereocenters. The fraction of sp³-hybridized carbons (Fsp3) is 0.174. The second-order valence-electron chi connectivity index (χ2n) is 7.30. The van der Waals surface area contributed by atoms with E-state index in [4.69, 9.17) is 31.1 Å². The van der Waals surface area contributed by atoms with Crippen LogP contribution in [0.5, 0.6) is 0 Å². The third kappa shape index (κ3) is 4.38. The number of hydrogen-bond acceptors (Lipinski definition) is 9. The van der Waals surface area contributed by atoms with Gasteiger partial charge in [0.25, 0.3) is 0 Å². The monoisotopic (exact) mass is 463 g/mol. The summed E-state index contributed by atoms with van der Waals surface area (Å²) in [5.74, 6) is -0.265. The zero-order chi connectivity index (χ0) is 23.5. The van der Waals surface area contributed by atoms with Crippen molar-refractivity contribution in [2.45, 2.75) is 0 Å². The number of anilines is 1. The first-order chi connectivity index (χ1) is 15.9. The van der Waals surface area contributed by atoms with Gasteiger partial charge in [0.15, 0.2) is 11.5 Å². The molecular weight excluding hydrogens is 442 g/mol. The van der Waals surface area contributed by atoms with Crippen LogP contribution in [0.3, 0.4) is 0 Å². The van der Waals surface area contributed by atoms with Gasteiger partial charge in [0.1, 0.15) is 4.70 Å². The highest BCUT2D eigenvalue weighted by atomic mass is 32.1. The van der Waals surface area contributed by atoms with Gasteiger partial charge < -0.3 is 30.6 Å². The molecule has 33 heavy (non-hydrogen) atoms. The molecule has 0 spiro atoms. The lowest BCUT2D eigenvalue weighted by molar-refractivity contribution is 0.1000. The Kier molecular flexibility index (Phi) is 6.29. The maximum Gasteiger partial charge on any atom is 0.249 e. The number of nitrogens with one attached hydrogen (secondary N) is 3. The normalized spacial score (nSPS) is 14.3. The van der Waals surface area contributed by atoms with E-state index in [9.17, 15) is 9.59 Å². The molecule has 1 aliphatic heterocycles. The molecule has 1 saturated heterocycles. The predicted molar refractivity (Wildman–Crippen MR) is 129 cm³/mol. The molecular formula is C23H21N5O4S. The van der Waals surface area contributed by atoms with Crippen LogP contribution in [0.1, 0.15) is 21.5 Å². The summed E-state index contributed by atoms with van der Waals surface area (Å²) in [6.07, 6.45) is 2.29. The molecule has 0 radical (unpaired) electrons. The number of allylic oxidation sites excluding steroid dienone is 2. The van der Waals surface area contributed by atoms with Crippen LogP contribution in [0.25, 0.3) is 10.3 Å². The van der Waals surface area contributed by atoms with Crippen LogP contribution in [-0.4, -0.2) is 49.8 Å². The van der Waals surface area contributed by atoms with E-state index >= 15 is 0 Å². The Bertz CT molecular complexity index is 1360. The summed E-state index contributed by atoms with van der Waals surface area (Å²) in [4.78, 5) is 26.3. The van der Waals surface area contributed by atoms with E-state index in [1.54, 1.807) is 23.6 Å². The van der Waals surface area contributed by atoms with Crippen molar-refractivity contribution in [3.05, 3.63) is 74.3 Å². The number of amides is 1. The maximum absolute atomic E-state index is 12.6. The van der Waals surface area contributed by atoms with Crippen molar-refractivity contribution >= 4 is 51.0 Å². The van der Waals surface area contributed by atoms with E-state index in [2.05, 4.69) is 0 Å². The number of primary amides is 1. The number of ether oxygens (including phenoxy) is 1. The first kappa shape index (κ1) is 22.3. The second-order valence-corrected chi connectivity index (χ2v) is 8.18. The van der Waals surface area contributed by atoms with E-state index in [1.165, 1.54) is 29.5 Å². The second kappa shape index (κ2) is 9.31. The smallest absolute Gasteiger partial charge is 0.249 e. The predicted octanol–water partition coefficient (Wildman–Crippen LogP) is 2.80. The highest BCUT2D eigenvalue weighted by Gasteiger charge is 2.20. The molecule has 9 nitrogen and oxygen atoms in total. The van der Waals surface area contributed by atoms with Crippen molar-refractivity contribution in [2.75, 3.05) is 31.2 Å². The highest BCUT2D eigenvalue weighted by molar-refractivity contribution is 7.17. The lowest BCUT2D eigenvalue weighted by atomic mass is 9.96. The SMILES string of the molecule is N=C/C(=C\C(=N)c1csc2c(=O)cc(N3CCOCC3)oc12)C(=N)c1ccccc1C(N)=O. The number of nitrogens with zero attached hydrogens (tertiary/aromatic N) is 1. The first-order valence-electron chi connectivity index (χ1n) is 10.1. The average Bonchev–Trinajstić information content (AvgIpc) is 3.27. The third-order valence-corrected chi connectivity index (χ3v) is 6.23. The summed E-state index contributed by atoms with van der Waals surface area (Å²) in [5.41, 5.74) is 6.30. The Morgan fingerprint density at radius 2 is 1.82 bits per heavy atom. The maximum atomic E-state index is 12.6. The fourth-order valence-electron chi connectivity index (χ4n) is 3.55. The zero-order valence-electron chi connectivity index (χ0n) is 17.5. The van der Waals surface area contributed by atoms with Crippen molar-refractivity contribution in [2.24, 2.45) is 5.73 Å². The molecule has 10 heteroatoms. The van der Waals surface area contributed by atoms with Crippen LogP contribution in [-0.2, 0) is 4.74 Å². The lowest BCUT2D eigenvalue weighted by Gasteiger charge is -2.27. The summed E-state index contributed by atoms with van der Waals surface area (Å²) in [6.45, 7) is 2.27. The van der Waals surface area contributed by atoms with Crippen LogP contribution in [0, 0.1) is 16.2 Å². The molecule has 1 amide bonds. The van der Waals surface area contributed by atoms with Gasteiger partial charge in [-0.2, -0.15) is 0 Å². The minimum atomic E-state index is -0.684. The molecule has 4 rings (SSSR count). The number of benzene rings is 1. The molecule has 0 bridgehead atoms. The Balaban J connectivity index is 1.72. The molecule has 2 aromatic heterocycles.